The molecule has 4 amide bonds. The summed E-state index contributed by atoms with van der Waals surface area (Å²) in [6.07, 6.45) is -4.84. The SMILES string of the molecule is CNC(=O)[C@H]1OCCOCCO[C@@H](C(=O)NC)[C@H](C(=O)NC)OCCOCCO[C@H]1C(=O)NC. The summed E-state index contributed by atoms with van der Waals surface area (Å²) in [7, 11) is 5.68. The van der Waals surface area contributed by atoms with Crippen LogP contribution in [0.4, 0.5) is 0 Å². The van der Waals surface area contributed by atoms with Gasteiger partial charge in [-0.25, -0.2) is 0 Å². The molecule has 4 N–H and O–H groups in total. The van der Waals surface area contributed by atoms with Gasteiger partial charge in [0, 0.05) is 28.2 Å². The van der Waals surface area contributed by atoms with Crippen LogP contribution in [0.3, 0.4) is 0 Å². The van der Waals surface area contributed by atoms with Crippen molar-refractivity contribution < 1.29 is 47.6 Å². The van der Waals surface area contributed by atoms with Gasteiger partial charge in [0.1, 0.15) is 0 Å². The lowest BCUT2D eigenvalue weighted by molar-refractivity contribution is -0.164. The molecule has 14 nitrogen and oxygen atoms in total. The smallest absolute Gasteiger partial charge is 0.252 e. The Labute approximate surface area is 198 Å². The summed E-state index contributed by atoms with van der Waals surface area (Å²) in [5.41, 5.74) is 0. The standard InChI is InChI=1S/C20H36N4O10/c1-21-17(25)13-14(18(26)22-2)32-10-6-30-8-12-34-16(20(28)24-4)15(19(27)23-3)33-11-7-29-5-9-31-13/h13-16H,5-12H2,1-4H3,(H,21,25)(H,22,26)(H,23,27)(H,24,28)/t13-,14-,15-,16+/m1/s1. The second-order valence-electron chi connectivity index (χ2n) is 6.85. The summed E-state index contributed by atoms with van der Waals surface area (Å²) in [4.78, 5) is 49.1. The largest absolute Gasteiger partial charge is 0.377 e. The highest BCUT2D eigenvalue weighted by Gasteiger charge is 2.36. The van der Waals surface area contributed by atoms with E-state index in [1.165, 1.54) is 28.2 Å². The van der Waals surface area contributed by atoms with Crippen molar-refractivity contribution in [2.45, 2.75) is 24.4 Å². The van der Waals surface area contributed by atoms with Crippen molar-refractivity contribution in [1.82, 2.24) is 21.3 Å². The summed E-state index contributed by atoms with van der Waals surface area (Å²) >= 11 is 0. The average molecular weight is 493 g/mol. The molecule has 196 valence electrons. The Bertz CT molecular complexity index is 545. The van der Waals surface area contributed by atoms with Gasteiger partial charge in [-0.1, -0.05) is 0 Å². The average Bonchev–Trinajstić information content (AvgIpc) is 2.86. The molecule has 0 unspecified atom stereocenters. The molecule has 1 aliphatic heterocycles. The Morgan fingerprint density at radius 3 is 0.824 bits per heavy atom. The van der Waals surface area contributed by atoms with E-state index in [0.29, 0.717) is 0 Å². The van der Waals surface area contributed by atoms with Crippen molar-refractivity contribution in [1.29, 1.82) is 0 Å². The minimum absolute atomic E-state index is 0.0196. The van der Waals surface area contributed by atoms with E-state index in [1.54, 1.807) is 0 Å². The molecule has 1 saturated heterocycles. The summed E-state index contributed by atoms with van der Waals surface area (Å²) in [6, 6.07) is 0. The molecule has 0 bridgehead atoms. The summed E-state index contributed by atoms with van der Waals surface area (Å²) in [5.74, 6) is -2.13. The van der Waals surface area contributed by atoms with Crippen LogP contribution in [0.2, 0.25) is 0 Å². The first-order valence-electron chi connectivity index (χ1n) is 10.9. The van der Waals surface area contributed by atoms with Crippen LogP contribution in [-0.4, -0.2) is 129 Å². The molecular formula is C20H36N4O10. The Balaban J connectivity index is 2.90. The molecule has 0 aromatic rings. The highest BCUT2D eigenvalue weighted by atomic mass is 16.6. The molecule has 0 saturated carbocycles. The minimum Gasteiger partial charge on any atom is -0.377 e. The number of carbonyl (C=O) groups excluding carboxylic acids is 4. The Hall–Kier alpha value is -2.36. The van der Waals surface area contributed by atoms with E-state index < -0.39 is 48.0 Å². The van der Waals surface area contributed by atoms with Gasteiger partial charge >= 0.3 is 0 Å². The molecule has 0 aliphatic carbocycles. The fourth-order valence-corrected chi connectivity index (χ4v) is 2.91. The fourth-order valence-electron chi connectivity index (χ4n) is 2.91. The first kappa shape index (κ1) is 29.7. The molecule has 0 spiro atoms. The molecule has 4 atom stereocenters. The van der Waals surface area contributed by atoms with Crippen LogP contribution in [0.15, 0.2) is 0 Å². The van der Waals surface area contributed by atoms with Gasteiger partial charge in [-0.15, -0.1) is 0 Å². The minimum atomic E-state index is -1.21. The maximum absolute atomic E-state index is 12.3. The fraction of sp³-hybridized carbons (Fsp3) is 0.800. The molecule has 0 aromatic heterocycles. The highest BCUT2D eigenvalue weighted by Crippen LogP contribution is 2.09. The normalized spacial score (nSPS) is 26.2. The van der Waals surface area contributed by atoms with Crippen LogP contribution in [0.25, 0.3) is 0 Å². The summed E-state index contributed by atoms with van der Waals surface area (Å²) in [5, 5.41) is 9.79. The quantitative estimate of drug-likeness (QED) is 0.309. The first-order chi connectivity index (χ1) is 16.4. The van der Waals surface area contributed by atoms with E-state index in [4.69, 9.17) is 28.4 Å². The van der Waals surface area contributed by atoms with Crippen LogP contribution in [0.5, 0.6) is 0 Å². The Kier molecular flexibility index (Phi) is 14.9. The number of carbonyl (C=O) groups is 4. The third-order valence-electron chi connectivity index (χ3n) is 4.67. The lowest BCUT2D eigenvalue weighted by Crippen LogP contribution is -2.52. The molecule has 1 rings (SSSR count). The van der Waals surface area contributed by atoms with E-state index in [1.807, 2.05) is 0 Å². The lowest BCUT2D eigenvalue weighted by atomic mass is 10.1. The number of rotatable bonds is 4. The van der Waals surface area contributed by atoms with E-state index in [9.17, 15) is 19.2 Å². The zero-order chi connectivity index (χ0) is 25.3. The van der Waals surface area contributed by atoms with Crippen molar-refractivity contribution in [2.75, 3.05) is 81.0 Å². The third kappa shape index (κ3) is 9.87. The number of likely N-dealkylation sites (N-methyl/N-ethyl adjacent to an activating group) is 4. The zero-order valence-electron chi connectivity index (χ0n) is 20.0. The van der Waals surface area contributed by atoms with Crippen LogP contribution < -0.4 is 21.3 Å². The number of ether oxygens (including phenoxy) is 6. The Morgan fingerprint density at radius 2 is 0.647 bits per heavy atom. The molecule has 1 fully saturated rings. The maximum atomic E-state index is 12.3. The Morgan fingerprint density at radius 1 is 0.441 bits per heavy atom. The molecule has 0 aromatic carbocycles. The van der Waals surface area contributed by atoms with Crippen LogP contribution >= 0.6 is 0 Å². The van der Waals surface area contributed by atoms with Crippen molar-refractivity contribution in [3.05, 3.63) is 0 Å². The van der Waals surface area contributed by atoms with Gasteiger partial charge < -0.3 is 49.7 Å². The second kappa shape index (κ2) is 17.1. The van der Waals surface area contributed by atoms with E-state index >= 15 is 0 Å². The molecule has 0 radical (unpaired) electrons. The number of nitrogens with one attached hydrogen (secondary N) is 4. The molecule has 1 aliphatic rings. The number of amides is 4. The maximum Gasteiger partial charge on any atom is 0.252 e. The first-order valence-corrected chi connectivity index (χ1v) is 10.9. The highest BCUT2D eigenvalue weighted by molar-refractivity contribution is 5.91. The van der Waals surface area contributed by atoms with Crippen LogP contribution in [0.1, 0.15) is 0 Å². The van der Waals surface area contributed by atoms with Gasteiger partial charge in [0.15, 0.2) is 24.4 Å². The van der Waals surface area contributed by atoms with E-state index in [2.05, 4.69) is 21.3 Å². The third-order valence-corrected chi connectivity index (χ3v) is 4.67. The van der Waals surface area contributed by atoms with Crippen molar-refractivity contribution in [3.63, 3.8) is 0 Å². The van der Waals surface area contributed by atoms with Gasteiger partial charge in [0.25, 0.3) is 23.6 Å². The molecule has 1 heterocycles. The molecule has 34 heavy (non-hydrogen) atoms. The molecular weight excluding hydrogens is 456 g/mol. The topological polar surface area (TPSA) is 172 Å². The monoisotopic (exact) mass is 492 g/mol. The van der Waals surface area contributed by atoms with Crippen molar-refractivity contribution >= 4 is 23.6 Å². The van der Waals surface area contributed by atoms with Crippen LogP contribution in [0, 0.1) is 0 Å². The molecule has 14 heteroatoms. The predicted octanol–water partition coefficient (Wildman–Crippen LogP) is -3.44. The van der Waals surface area contributed by atoms with E-state index in [-0.39, 0.29) is 52.9 Å². The van der Waals surface area contributed by atoms with Crippen molar-refractivity contribution in [3.8, 4) is 0 Å². The zero-order valence-corrected chi connectivity index (χ0v) is 20.0. The summed E-state index contributed by atoms with van der Waals surface area (Å²) < 4.78 is 33.2. The number of hydrogen-bond donors (Lipinski definition) is 4. The van der Waals surface area contributed by atoms with Crippen molar-refractivity contribution in [2.24, 2.45) is 0 Å². The second-order valence-corrected chi connectivity index (χ2v) is 6.85. The van der Waals surface area contributed by atoms with Gasteiger partial charge in [0.2, 0.25) is 0 Å². The predicted molar refractivity (Wildman–Crippen MR) is 117 cm³/mol. The summed E-state index contributed by atoms with van der Waals surface area (Å²) in [6.45, 7) is 0.201. The van der Waals surface area contributed by atoms with Gasteiger partial charge in [0.05, 0.1) is 52.9 Å². The van der Waals surface area contributed by atoms with Crippen LogP contribution in [-0.2, 0) is 47.6 Å². The van der Waals surface area contributed by atoms with E-state index in [0.717, 1.165) is 0 Å². The van der Waals surface area contributed by atoms with Gasteiger partial charge in [-0.2, -0.15) is 0 Å². The van der Waals surface area contributed by atoms with Gasteiger partial charge in [-0.3, -0.25) is 19.2 Å². The lowest BCUT2D eigenvalue weighted by Gasteiger charge is -2.26. The number of hydrogen-bond acceptors (Lipinski definition) is 10. The van der Waals surface area contributed by atoms with Gasteiger partial charge in [-0.05, 0) is 0 Å².